The van der Waals surface area contributed by atoms with Crippen molar-refractivity contribution in [2.24, 2.45) is 0 Å². The van der Waals surface area contributed by atoms with Crippen LogP contribution < -0.4 is 0 Å². The number of carbonyl (C=O) groups is 1. The van der Waals surface area contributed by atoms with Gasteiger partial charge < -0.3 is 9.45 Å². The number of carbonyl (C=O) groups excluding carboxylic acids is 1. The minimum absolute atomic E-state index is 0.138. The van der Waals surface area contributed by atoms with E-state index in [1.165, 1.54) is 66.0 Å². The summed E-state index contributed by atoms with van der Waals surface area (Å²) in [5, 5.41) is 1.09. The number of rotatable bonds is 11. The second-order valence-corrected chi connectivity index (χ2v) is 15.4. The van der Waals surface area contributed by atoms with E-state index < -0.39 is 10.1 Å². The van der Waals surface area contributed by atoms with Crippen molar-refractivity contribution >= 4 is 66.3 Å². The van der Waals surface area contributed by atoms with Gasteiger partial charge in [0.05, 0.1) is 10.6 Å². The van der Waals surface area contributed by atoms with Crippen LogP contribution in [0.2, 0.25) is 0 Å². The summed E-state index contributed by atoms with van der Waals surface area (Å²) in [5.74, 6) is 0.138. The molecule has 244 valence electrons. The Morgan fingerprint density at radius 3 is 1.91 bits per heavy atom. The van der Waals surface area contributed by atoms with Crippen molar-refractivity contribution in [3.63, 3.8) is 0 Å². The van der Waals surface area contributed by atoms with Crippen molar-refractivity contribution < 1.29 is 22.3 Å². The quantitative estimate of drug-likeness (QED) is 0.0852. The van der Waals surface area contributed by atoms with Crippen LogP contribution in [0.4, 0.5) is 0 Å². The molecule has 0 saturated carbocycles. The molecule has 0 bridgehead atoms. The van der Waals surface area contributed by atoms with Gasteiger partial charge in [-0.25, -0.2) is 13.2 Å². The van der Waals surface area contributed by atoms with Gasteiger partial charge in [-0.3, -0.25) is 0 Å². The third-order valence-electron chi connectivity index (χ3n) is 7.59. The van der Waals surface area contributed by atoms with Crippen LogP contribution in [0, 0.1) is 6.92 Å². The molecule has 0 spiro atoms. The number of hydrogen-bond acceptors (Lipinski definition) is 8. The van der Waals surface area contributed by atoms with Gasteiger partial charge in [-0.1, -0.05) is 141 Å². The molecule has 0 aliphatic carbocycles. The monoisotopic (exact) mass is 694 g/mol. The van der Waals surface area contributed by atoms with Gasteiger partial charge in [0.15, 0.2) is 11.4 Å². The molecule has 0 atom stereocenters. The largest absolute Gasteiger partial charge is 0.744 e. The van der Waals surface area contributed by atoms with E-state index in [1.807, 2.05) is 11.5 Å². The molecule has 1 amide bonds. The van der Waals surface area contributed by atoms with E-state index in [2.05, 4.69) is 85.7 Å². The first-order valence-electron chi connectivity index (χ1n) is 15.7. The highest BCUT2D eigenvalue weighted by Gasteiger charge is 2.43. The van der Waals surface area contributed by atoms with Crippen LogP contribution >= 0.6 is 35.3 Å². The first-order chi connectivity index (χ1) is 22.2. The Hall–Kier alpha value is -2.76. The zero-order chi connectivity index (χ0) is 33.1. The van der Waals surface area contributed by atoms with Gasteiger partial charge in [-0.05, 0) is 49.8 Å². The molecule has 2 aliphatic heterocycles. The normalized spacial score (nSPS) is 16.7. The van der Waals surface area contributed by atoms with E-state index >= 15 is 0 Å². The lowest BCUT2D eigenvalue weighted by Crippen LogP contribution is -2.23. The van der Waals surface area contributed by atoms with Crippen molar-refractivity contribution in [2.45, 2.75) is 64.2 Å². The van der Waals surface area contributed by atoms with Crippen molar-refractivity contribution in [2.75, 3.05) is 19.3 Å². The Balaban J connectivity index is 0.000000369. The minimum atomic E-state index is -4.27. The van der Waals surface area contributed by atoms with Crippen LogP contribution in [-0.2, 0) is 14.9 Å². The number of likely N-dealkylation sites (N-methyl/N-ethyl adjacent to an activating group) is 1. The Kier molecular flexibility index (Phi) is 13.7. The number of aryl methyl sites for hydroxylation is 1. The van der Waals surface area contributed by atoms with E-state index in [9.17, 15) is 17.8 Å². The lowest BCUT2D eigenvalue weighted by Gasteiger charge is -2.24. The summed E-state index contributed by atoms with van der Waals surface area (Å²) in [4.78, 5) is 17.9. The van der Waals surface area contributed by atoms with Crippen LogP contribution in [0.25, 0.3) is 10.6 Å². The first-order valence-corrected chi connectivity index (χ1v) is 19.9. The lowest BCUT2D eigenvalue weighted by atomic mass is 10.1. The van der Waals surface area contributed by atoms with Crippen LogP contribution in [0.15, 0.2) is 99.8 Å². The number of benzene rings is 3. The molecular weight excluding hydrogens is 653 g/mol. The fourth-order valence-electron chi connectivity index (χ4n) is 5.18. The third-order valence-corrected chi connectivity index (χ3v) is 12.1. The molecule has 2 aliphatic rings. The summed E-state index contributed by atoms with van der Waals surface area (Å²) in [5.41, 5.74) is 4.57. The molecule has 0 N–H and O–H groups in total. The predicted octanol–water partition coefficient (Wildman–Crippen LogP) is 9.01. The second-order valence-electron chi connectivity index (χ2n) is 11.0. The second kappa shape index (κ2) is 17.4. The molecular formula is C36H42N2O4S4. The van der Waals surface area contributed by atoms with Crippen molar-refractivity contribution in [3.05, 3.63) is 112 Å². The molecule has 6 nitrogen and oxygen atoms in total. The van der Waals surface area contributed by atoms with E-state index in [-0.39, 0.29) is 10.8 Å². The maximum Gasteiger partial charge on any atom is 0.430 e. The van der Waals surface area contributed by atoms with Crippen LogP contribution in [0.1, 0.15) is 69.1 Å². The van der Waals surface area contributed by atoms with Gasteiger partial charge >= 0.3 is 5.91 Å². The maximum absolute atomic E-state index is 13.5. The average Bonchev–Trinajstić information content (AvgIpc) is 3.60. The topological polar surface area (TPSA) is 80.5 Å². The molecule has 3 aromatic carbocycles. The number of amides is 1. The molecule has 0 aromatic heterocycles. The highest BCUT2D eigenvalue weighted by Crippen LogP contribution is 2.54. The summed E-state index contributed by atoms with van der Waals surface area (Å²) in [6.45, 7) is 7.76. The van der Waals surface area contributed by atoms with Gasteiger partial charge in [-0.15, -0.1) is 4.58 Å². The molecule has 0 saturated heterocycles. The van der Waals surface area contributed by atoms with Crippen molar-refractivity contribution in [1.29, 1.82) is 0 Å². The maximum atomic E-state index is 13.5. The fourth-order valence-corrected chi connectivity index (χ4v) is 9.05. The molecule has 46 heavy (non-hydrogen) atoms. The molecule has 0 radical (unpaired) electrons. The lowest BCUT2D eigenvalue weighted by molar-refractivity contribution is -0.433. The molecule has 10 heteroatoms. The Bertz CT molecular complexity index is 1680. The highest BCUT2D eigenvalue weighted by atomic mass is 32.2. The molecule has 3 aromatic rings. The molecule has 2 heterocycles. The number of nitrogens with zero attached hydrogens (tertiary/aromatic N) is 2. The van der Waals surface area contributed by atoms with Gasteiger partial charge in [0.2, 0.25) is 0 Å². The molecule has 0 unspecified atom stereocenters. The van der Waals surface area contributed by atoms with Gasteiger partial charge in [0, 0.05) is 23.2 Å². The summed E-state index contributed by atoms with van der Waals surface area (Å²) in [6.07, 6.45) is 9.56. The van der Waals surface area contributed by atoms with Gasteiger partial charge in [-0.2, -0.15) is 0 Å². The summed E-state index contributed by atoms with van der Waals surface area (Å²) in [7, 11) is -4.27. The Morgan fingerprint density at radius 1 is 0.783 bits per heavy atom. The smallest absolute Gasteiger partial charge is 0.430 e. The predicted molar refractivity (Wildman–Crippen MR) is 195 cm³/mol. The summed E-state index contributed by atoms with van der Waals surface area (Å²) in [6, 6.07) is 27.1. The fraction of sp³-hybridized carbons (Fsp3) is 0.333. The van der Waals surface area contributed by atoms with E-state index in [0.29, 0.717) is 6.54 Å². The standard InChI is InChI=1S/C29H35N2OS3.C7H8O3S/c1-4-6-7-8-9-16-21-31-24(22-17-12-10-13-18-22)25(23-19-14-11-15-20-23)34-28(31)26-27(32)30(5-2)29(33-3)35-26;1-6-2-4-7(5-3-6)11(8,9)10/h10-15,17-20H,4-9,16,21H2,1-3H3;2-5H,1H3,(H,8,9,10)/q+1;/p-1. The highest BCUT2D eigenvalue weighted by molar-refractivity contribution is 8.40. The number of thioether (sulfide) groups is 3. The number of unbranched alkanes of at least 4 members (excludes halogenated alkanes) is 5. The SMILES string of the molecule is CCCCCCCCN1C(=C2SC(SC)=[N+](CC)C2=O)SC(c2ccccc2)=C1c1ccccc1.Cc1ccc(S(=O)(=O)[O-])cc1. The molecule has 0 fully saturated rings. The van der Waals surface area contributed by atoms with Crippen molar-refractivity contribution in [1.82, 2.24) is 4.90 Å². The van der Waals surface area contributed by atoms with Crippen LogP contribution in [-0.4, -0.2) is 52.1 Å². The zero-order valence-electron chi connectivity index (χ0n) is 26.9. The summed E-state index contributed by atoms with van der Waals surface area (Å²) >= 11 is 5.08. The van der Waals surface area contributed by atoms with E-state index in [4.69, 9.17) is 0 Å². The van der Waals surface area contributed by atoms with Crippen LogP contribution in [0.3, 0.4) is 0 Å². The zero-order valence-corrected chi connectivity index (χ0v) is 30.2. The summed E-state index contributed by atoms with van der Waals surface area (Å²) < 4.78 is 34.2. The van der Waals surface area contributed by atoms with Crippen LogP contribution in [0.5, 0.6) is 0 Å². The van der Waals surface area contributed by atoms with E-state index in [0.717, 1.165) is 32.8 Å². The van der Waals surface area contributed by atoms with Gasteiger partial charge in [0.1, 0.15) is 15.1 Å². The minimum Gasteiger partial charge on any atom is -0.744 e. The Labute approximate surface area is 287 Å². The van der Waals surface area contributed by atoms with Gasteiger partial charge in [0.25, 0.3) is 4.38 Å². The Morgan fingerprint density at radius 2 is 1.37 bits per heavy atom. The first kappa shape index (κ1) is 36.1. The van der Waals surface area contributed by atoms with E-state index in [1.54, 1.807) is 47.4 Å². The number of hydrogen-bond donors (Lipinski definition) is 0. The molecule has 5 rings (SSSR count). The van der Waals surface area contributed by atoms with Crippen molar-refractivity contribution in [3.8, 4) is 0 Å². The average molecular weight is 695 g/mol. The third kappa shape index (κ3) is 9.19.